The molecule has 0 N–H and O–H groups in total. The second kappa shape index (κ2) is 11.7. The van der Waals surface area contributed by atoms with E-state index >= 15 is 0 Å². The van der Waals surface area contributed by atoms with Crippen molar-refractivity contribution >= 4 is 6.16 Å². The maximum absolute atomic E-state index is 12.4. The van der Waals surface area contributed by atoms with E-state index in [1.54, 1.807) is 12.1 Å². The number of rotatable bonds is 6. The Morgan fingerprint density at radius 1 is 0.833 bits per heavy atom. The van der Waals surface area contributed by atoms with Gasteiger partial charge in [0.2, 0.25) is 6.29 Å². The van der Waals surface area contributed by atoms with Crippen molar-refractivity contribution in [3.8, 4) is 11.5 Å². The van der Waals surface area contributed by atoms with Crippen molar-refractivity contribution in [2.75, 3.05) is 0 Å². The number of carbonyl (C=O) groups is 1. The highest BCUT2D eigenvalue weighted by atomic mass is 16.7. The molecule has 4 aromatic rings. The van der Waals surface area contributed by atoms with E-state index in [4.69, 9.17) is 18.9 Å². The monoisotopic (exact) mass is 562 g/mol. The molecular formula is C37H38O5. The summed E-state index contributed by atoms with van der Waals surface area (Å²) < 4.78 is 24.5. The highest BCUT2D eigenvalue weighted by Crippen LogP contribution is 2.50. The van der Waals surface area contributed by atoms with Crippen LogP contribution in [0.15, 0.2) is 109 Å². The van der Waals surface area contributed by atoms with E-state index in [2.05, 4.69) is 84.9 Å². The molecule has 1 aliphatic heterocycles. The largest absolute Gasteiger partial charge is 0.514 e. The molecule has 5 heteroatoms. The van der Waals surface area contributed by atoms with Crippen molar-refractivity contribution < 1.29 is 23.7 Å². The van der Waals surface area contributed by atoms with Crippen LogP contribution in [0.5, 0.6) is 11.5 Å². The van der Waals surface area contributed by atoms with Crippen molar-refractivity contribution in [1.82, 2.24) is 0 Å². The number of carbonyl (C=O) groups excluding carboxylic acids is 1. The summed E-state index contributed by atoms with van der Waals surface area (Å²) in [6.07, 6.45) is 2.40. The van der Waals surface area contributed by atoms with Gasteiger partial charge in [0.05, 0.1) is 6.10 Å². The number of ether oxygens (including phenoxy) is 4. The van der Waals surface area contributed by atoms with Gasteiger partial charge in [-0.05, 0) is 62.8 Å². The van der Waals surface area contributed by atoms with E-state index in [0.717, 1.165) is 24.8 Å². The van der Waals surface area contributed by atoms with Crippen LogP contribution in [-0.4, -0.2) is 24.2 Å². The van der Waals surface area contributed by atoms with E-state index in [-0.39, 0.29) is 17.4 Å². The van der Waals surface area contributed by atoms with Crippen LogP contribution in [0.4, 0.5) is 4.79 Å². The van der Waals surface area contributed by atoms with Gasteiger partial charge in [-0.3, -0.25) is 0 Å². The Kier molecular flexibility index (Phi) is 7.78. The van der Waals surface area contributed by atoms with Crippen LogP contribution in [0.3, 0.4) is 0 Å². The Hall–Kier alpha value is -4.09. The van der Waals surface area contributed by atoms with Crippen LogP contribution in [0.2, 0.25) is 0 Å². The molecule has 0 saturated heterocycles. The SMILES string of the molecule is CC(C)(C)OC(=O)Oc1ccc2c(c1)O[C@H](O[C@H]1CCCC1(c1ccccc1)c1ccccc1)C[C@@H]2c1ccccc1. The minimum Gasteiger partial charge on any atom is -0.464 e. The van der Waals surface area contributed by atoms with E-state index in [0.29, 0.717) is 17.9 Å². The van der Waals surface area contributed by atoms with Gasteiger partial charge in [0.15, 0.2) is 0 Å². The van der Waals surface area contributed by atoms with Crippen molar-refractivity contribution in [1.29, 1.82) is 0 Å². The fourth-order valence-electron chi connectivity index (χ4n) is 6.57. The first-order valence-electron chi connectivity index (χ1n) is 14.8. The highest BCUT2D eigenvalue weighted by molar-refractivity contribution is 5.65. The molecule has 0 spiro atoms. The van der Waals surface area contributed by atoms with Crippen molar-refractivity contribution in [3.63, 3.8) is 0 Å². The van der Waals surface area contributed by atoms with Crippen molar-refractivity contribution in [2.24, 2.45) is 0 Å². The topological polar surface area (TPSA) is 54.0 Å². The van der Waals surface area contributed by atoms with Gasteiger partial charge >= 0.3 is 6.16 Å². The van der Waals surface area contributed by atoms with E-state index in [1.165, 1.54) is 16.7 Å². The molecule has 4 aromatic carbocycles. The number of hydrogen-bond donors (Lipinski definition) is 0. The second-order valence-electron chi connectivity index (χ2n) is 12.2. The second-order valence-corrected chi connectivity index (χ2v) is 12.2. The van der Waals surface area contributed by atoms with Gasteiger partial charge in [0.25, 0.3) is 0 Å². The van der Waals surface area contributed by atoms with Crippen LogP contribution in [0.25, 0.3) is 0 Å². The third-order valence-electron chi connectivity index (χ3n) is 8.32. The maximum atomic E-state index is 12.4. The predicted octanol–water partition coefficient (Wildman–Crippen LogP) is 8.80. The lowest BCUT2D eigenvalue weighted by Crippen LogP contribution is -2.42. The molecule has 3 atom stereocenters. The van der Waals surface area contributed by atoms with Crippen LogP contribution in [0.1, 0.15) is 74.6 Å². The molecule has 0 unspecified atom stereocenters. The lowest BCUT2D eigenvalue weighted by Gasteiger charge is -2.40. The van der Waals surface area contributed by atoms with Crippen LogP contribution in [0, 0.1) is 0 Å². The lowest BCUT2D eigenvalue weighted by molar-refractivity contribution is -0.141. The first-order valence-corrected chi connectivity index (χ1v) is 14.8. The third-order valence-corrected chi connectivity index (χ3v) is 8.32. The molecule has 1 fully saturated rings. The molecule has 2 aliphatic rings. The molecular weight excluding hydrogens is 524 g/mol. The summed E-state index contributed by atoms with van der Waals surface area (Å²) in [7, 11) is 0. The highest BCUT2D eigenvalue weighted by Gasteiger charge is 2.48. The molecule has 0 bridgehead atoms. The van der Waals surface area contributed by atoms with E-state index < -0.39 is 18.0 Å². The van der Waals surface area contributed by atoms with Gasteiger partial charge in [-0.1, -0.05) is 97.1 Å². The molecule has 42 heavy (non-hydrogen) atoms. The van der Waals surface area contributed by atoms with Gasteiger partial charge < -0.3 is 18.9 Å². The van der Waals surface area contributed by atoms with Crippen molar-refractivity contribution in [2.45, 2.75) is 75.8 Å². The Labute approximate surface area is 248 Å². The van der Waals surface area contributed by atoms with Crippen LogP contribution < -0.4 is 9.47 Å². The fourth-order valence-corrected chi connectivity index (χ4v) is 6.57. The average molecular weight is 563 g/mol. The molecule has 1 heterocycles. The molecule has 216 valence electrons. The fraction of sp³-hybridized carbons (Fsp3) is 0.324. The van der Waals surface area contributed by atoms with Crippen molar-refractivity contribution in [3.05, 3.63) is 131 Å². The molecule has 0 amide bonds. The predicted molar refractivity (Wildman–Crippen MR) is 163 cm³/mol. The molecule has 1 aliphatic carbocycles. The quantitative estimate of drug-likeness (QED) is 0.174. The molecule has 6 rings (SSSR count). The summed E-state index contributed by atoms with van der Waals surface area (Å²) >= 11 is 0. The normalized spacial score (nSPS) is 21.2. The summed E-state index contributed by atoms with van der Waals surface area (Å²) in [5.74, 6) is 1.10. The summed E-state index contributed by atoms with van der Waals surface area (Å²) in [4.78, 5) is 12.4. The van der Waals surface area contributed by atoms with Gasteiger partial charge in [-0.25, -0.2) is 4.79 Å². The lowest BCUT2D eigenvalue weighted by atomic mass is 9.71. The molecule has 0 aromatic heterocycles. The summed E-state index contributed by atoms with van der Waals surface area (Å²) in [5.41, 5.74) is 3.85. The number of hydrogen-bond acceptors (Lipinski definition) is 5. The maximum Gasteiger partial charge on any atom is 0.514 e. The number of fused-ring (bicyclic) bond motifs is 1. The van der Waals surface area contributed by atoms with Crippen LogP contribution >= 0.6 is 0 Å². The standard InChI is InChI=1S/C37H38O5/c1-36(2,3)42-35(38)39-29-21-22-30-31(26-14-7-4-8-15-26)25-34(40-32(30)24-29)41-33-20-13-23-37(33,27-16-9-5-10-17-27)28-18-11-6-12-19-28/h4-12,14-19,21-22,24,31,33-34H,13,20,23,25H2,1-3H3/t31-,33+,34-/m1/s1. The Morgan fingerprint density at radius 2 is 1.45 bits per heavy atom. The Morgan fingerprint density at radius 3 is 2.07 bits per heavy atom. The van der Waals surface area contributed by atoms with E-state index in [1.807, 2.05) is 32.9 Å². The summed E-state index contributed by atoms with van der Waals surface area (Å²) in [6.45, 7) is 5.43. The first-order chi connectivity index (χ1) is 20.3. The first kappa shape index (κ1) is 28.0. The minimum atomic E-state index is -0.743. The van der Waals surface area contributed by atoms with E-state index in [9.17, 15) is 4.79 Å². The Balaban J connectivity index is 1.33. The van der Waals surface area contributed by atoms with Gasteiger partial charge in [-0.15, -0.1) is 0 Å². The zero-order valence-electron chi connectivity index (χ0n) is 24.5. The summed E-state index contributed by atoms with van der Waals surface area (Å²) in [5, 5.41) is 0. The average Bonchev–Trinajstić information content (AvgIpc) is 3.41. The van der Waals surface area contributed by atoms with Gasteiger partial charge in [-0.2, -0.15) is 0 Å². The van der Waals surface area contributed by atoms with Gasteiger partial charge in [0, 0.05) is 29.4 Å². The smallest absolute Gasteiger partial charge is 0.464 e. The zero-order valence-corrected chi connectivity index (χ0v) is 24.5. The Bertz CT molecular complexity index is 1450. The number of benzene rings is 4. The van der Waals surface area contributed by atoms with Crippen LogP contribution in [-0.2, 0) is 14.9 Å². The summed E-state index contributed by atoms with van der Waals surface area (Å²) in [6, 6.07) is 37.5. The molecule has 1 saturated carbocycles. The minimum absolute atomic E-state index is 0.0635. The zero-order chi connectivity index (χ0) is 29.2. The third kappa shape index (κ3) is 5.79. The molecule has 0 radical (unpaired) electrons. The molecule has 5 nitrogen and oxygen atoms in total. The van der Waals surface area contributed by atoms with Gasteiger partial charge in [0.1, 0.15) is 17.1 Å².